The molecule has 1 unspecified atom stereocenters. The normalized spacial score (nSPS) is 20.1. The third kappa shape index (κ3) is 2.65. The average molecular weight is 308 g/mol. The van der Waals surface area contributed by atoms with E-state index in [9.17, 15) is 13.2 Å². The molecule has 1 aromatic carbocycles. The third-order valence-electron chi connectivity index (χ3n) is 3.13. The lowest BCUT2D eigenvalue weighted by Gasteiger charge is -2.25. The van der Waals surface area contributed by atoms with Crippen LogP contribution in [0.25, 0.3) is 0 Å². The molecule has 2 rings (SSSR count). The van der Waals surface area contributed by atoms with Crippen molar-refractivity contribution in [2.75, 3.05) is 0 Å². The van der Waals surface area contributed by atoms with Gasteiger partial charge in [-0.05, 0) is 37.5 Å². The van der Waals surface area contributed by atoms with Crippen LogP contribution in [0.2, 0.25) is 0 Å². The molecule has 0 amide bonds. The summed E-state index contributed by atoms with van der Waals surface area (Å²) < 4.78 is 39.2. The van der Waals surface area contributed by atoms with Gasteiger partial charge in [-0.3, -0.25) is 5.32 Å². The van der Waals surface area contributed by atoms with Crippen molar-refractivity contribution >= 4 is 15.9 Å². The molecule has 0 bridgehead atoms. The van der Waals surface area contributed by atoms with E-state index in [-0.39, 0.29) is 18.9 Å². The summed E-state index contributed by atoms with van der Waals surface area (Å²) in [4.78, 5) is 0. The van der Waals surface area contributed by atoms with E-state index in [1.165, 1.54) is 0 Å². The van der Waals surface area contributed by atoms with E-state index in [1.807, 2.05) is 24.3 Å². The second-order valence-electron chi connectivity index (χ2n) is 4.50. The fourth-order valence-corrected chi connectivity index (χ4v) is 2.33. The maximum absolute atomic E-state index is 12.8. The molecule has 1 aromatic rings. The third-order valence-corrected chi connectivity index (χ3v) is 3.63. The topological polar surface area (TPSA) is 12.0 Å². The van der Waals surface area contributed by atoms with Gasteiger partial charge in [0.15, 0.2) is 0 Å². The van der Waals surface area contributed by atoms with Crippen LogP contribution in [0.15, 0.2) is 28.7 Å². The van der Waals surface area contributed by atoms with E-state index in [1.54, 1.807) is 6.92 Å². The zero-order valence-corrected chi connectivity index (χ0v) is 10.9. The number of benzene rings is 1. The summed E-state index contributed by atoms with van der Waals surface area (Å²) in [7, 11) is 0. The Labute approximate surface area is 107 Å². The number of rotatable bonds is 3. The Bertz CT molecular complexity index is 412. The van der Waals surface area contributed by atoms with E-state index < -0.39 is 11.7 Å². The van der Waals surface area contributed by atoms with E-state index >= 15 is 0 Å². The Morgan fingerprint density at radius 1 is 1.35 bits per heavy atom. The van der Waals surface area contributed by atoms with Crippen molar-refractivity contribution in [2.45, 2.75) is 37.5 Å². The molecular formula is C12H13BrF3N. The van der Waals surface area contributed by atoms with E-state index in [0.29, 0.717) is 0 Å². The van der Waals surface area contributed by atoms with Gasteiger partial charge >= 0.3 is 6.18 Å². The highest BCUT2D eigenvalue weighted by atomic mass is 79.9. The van der Waals surface area contributed by atoms with Crippen molar-refractivity contribution in [3.63, 3.8) is 0 Å². The minimum absolute atomic E-state index is 0.175. The van der Waals surface area contributed by atoms with Gasteiger partial charge in [0.1, 0.15) is 5.54 Å². The molecule has 1 fully saturated rings. The summed E-state index contributed by atoms with van der Waals surface area (Å²) in [6.45, 7) is 1.76. The van der Waals surface area contributed by atoms with E-state index in [0.717, 1.165) is 10.0 Å². The first-order valence-electron chi connectivity index (χ1n) is 5.44. The zero-order valence-electron chi connectivity index (χ0n) is 9.31. The smallest absolute Gasteiger partial charge is 0.297 e. The molecule has 94 valence electrons. The highest BCUT2D eigenvalue weighted by molar-refractivity contribution is 9.10. The molecule has 5 heteroatoms. The van der Waals surface area contributed by atoms with E-state index in [4.69, 9.17) is 0 Å². The minimum Gasteiger partial charge on any atom is -0.297 e. The molecule has 0 aromatic heterocycles. The van der Waals surface area contributed by atoms with Crippen molar-refractivity contribution in [1.82, 2.24) is 5.32 Å². The maximum Gasteiger partial charge on any atom is 0.406 e. The predicted molar refractivity (Wildman–Crippen MR) is 63.7 cm³/mol. The van der Waals surface area contributed by atoms with Gasteiger partial charge in [-0.15, -0.1) is 0 Å². The lowest BCUT2D eigenvalue weighted by Crippen LogP contribution is -2.45. The van der Waals surface area contributed by atoms with Gasteiger partial charge in [-0.1, -0.05) is 28.1 Å². The van der Waals surface area contributed by atoms with Crippen molar-refractivity contribution in [3.05, 3.63) is 34.3 Å². The molecule has 1 saturated carbocycles. The molecule has 1 atom stereocenters. The van der Waals surface area contributed by atoms with Gasteiger partial charge in [-0.2, -0.15) is 13.2 Å². The number of alkyl halides is 3. The number of hydrogen-bond acceptors (Lipinski definition) is 1. The summed E-state index contributed by atoms with van der Waals surface area (Å²) >= 11 is 3.32. The van der Waals surface area contributed by atoms with Gasteiger partial charge in [-0.25, -0.2) is 0 Å². The second kappa shape index (κ2) is 4.28. The SMILES string of the molecule is CC(NC1(C(F)(F)F)CC1)c1cccc(Br)c1. The predicted octanol–water partition coefficient (Wildman–Crippen LogP) is 4.19. The Hall–Kier alpha value is -0.550. The second-order valence-corrected chi connectivity index (χ2v) is 5.42. The van der Waals surface area contributed by atoms with Crippen LogP contribution in [0.1, 0.15) is 31.4 Å². The summed E-state index contributed by atoms with van der Waals surface area (Å²) in [6, 6.07) is 7.04. The Kier molecular flexibility index (Phi) is 3.25. The molecule has 1 nitrogen and oxygen atoms in total. The molecule has 0 aliphatic heterocycles. The minimum atomic E-state index is -4.16. The average Bonchev–Trinajstić information content (AvgIpc) is 2.98. The molecular weight excluding hydrogens is 295 g/mol. The van der Waals surface area contributed by atoms with Crippen LogP contribution in [0.5, 0.6) is 0 Å². The van der Waals surface area contributed by atoms with Crippen LogP contribution in [0.4, 0.5) is 13.2 Å². The van der Waals surface area contributed by atoms with Gasteiger partial charge in [0.2, 0.25) is 0 Å². The number of hydrogen-bond donors (Lipinski definition) is 1. The molecule has 1 N–H and O–H groups in total. The summed E-state index contributed by atoms with van der Waals surface area (Å²) in [6.07, 6.45) is -3.81. The number of nitrogens with one attached hydrogen (secondary N) is 1. The Balaban J connectivity index is 2.10. The highest BCUT2D eigenvalue weighted by Crippen LogP contribution is 2.50. The van der Waals surface area contributed by atoms with Gasteiger partial charge in [0, 0.05) is 10.5 Å². The quantitative estimate of drug-likeness (QED) is 0.882. The summed E-state index contributed by atoms with van der Waals surface area (Å²) in [5, 5.41) is 2.70. The molecule has 0 saturated heterocycles. The van der Waals surface area contributed by atoms with Crippen molar-refractivity contribution in [1.29, 1.82) is 0 Å². The largest absolute Gasteiger partial charge is 0.406 e. The highest BCUT2D eigenvalue weighted by Gasteiger charge is 2.63. The van der Waals surface area contributed by atoms with E-state index in [2.05, 4.69) is 21.2 Å². The first-order valence-corrected chi connectivity index (χ1v) is 6.23. The van der Waals surface area contributed by atoms with Crippen LogP contribution >= 0.6 is 15.9 Å². The lowest BCUT2D eigenvalue weighted by atomic mass is 10.1. The van der Waals surface area contributed by atoms with Crippen LogP contribution in [0.3, 0.4) is 0 Å². The summed E-state index contributed by atoms with van der Waals surface area (Å²) in [5.41, 5.74) is -0.802. The van der Waals surface area contributed by atoms with Crippen LogP contribution < -0.4 is 5.32 Å². The molecule has 0 radical (unpaired) electrons. The van der Waals surface area contributed by atoms with Gasteiger partial charge in [0.25, 0.3) is 0 Å². The van der Waals surface area contributed by atoms with Crippen molar-refractivity contribution in [3.8, 4) is 0 Å². The van der Waals surface area contributed by atoms with Crippen LogP contribution in [-0.2, 0) is 0 Å². The van der Waals surface area contributed by atoms with Crippen LogP contribution in [0, 0.1) is 0 Å². The standard InChI is InChI=1S/C12H13BrF3N/c1-8(9-3-2-4-10(13)7-9)17-11(5-6-11)12(14,15)16/h2-4,7-8,17H,5-6H2,1H3. The Morgan fingerprint density at radius 2 is 2.00 bits per heavy atom. The molecule has 17 heavy (non-hydrogen) atoms. The fourth-order valence-electron chi connectivity index (χ4n) is 1.91. The molecule has 0 heterocycles. The monoisotopic (exact) mass is 307 g/mol. The molecule has 0 spiro atoms. The maximum atomic E-state index is 12.8. The van der Waals surface area contributed by atoms with Crippen molar-refractivity contribution in [2.24, 2.45) is 0 Å². The Morgan fingerprint density at radius 3 is 2.47 bits per heavy atom. The van der Waals surface area contributed by atoms with Gasteiger partial charge < -0.3 is 0 Å². The lowest BCUT2D eigenvalue weighted by molar-refractivity contribution is -0.167. The number of halogens is 4. The van der Waals surface area contributed by atoms with Crippen molar-refractivity contribution < 1.29 is 13.2 Å². The first kappa shape index (κ1) is 12.9. The van der Waals surface area contributed by atoms with Gasteiger partial charge in [0.05, 0.1) is 0 Å². The first-order chi connectivity index (χ1) is 7.84. The molecule has 1 aliphatic carbocycles. The van der Waals surface area contributed by atoms with Crippen LogP contribution in [-0.4, -0.2) is 11.7 Å². The summed E-state index contributed by atoms with van der Waals surface area (Å²) in [5.74, 6) is 0. The molecule has 1 aliphatic rings. The fraction of sp³-hybridized carbons (Fsp3) is 0.500. The zero-order chi connectivity index (χ0) is 12.7.